The van der Waals surface area contributed by atoms with E-state index in [4.69, 9.17) is 4.74 Å². The second-order valence-corrected chi connectivity index (χ2v) is 10.5. The van der Waals surface area contributed by atoms with E-state index in [2.05, 4.69) is 10.3 Å². The van der Waals surface area contributed by atoms with Crippen LogP contribution < -0.4 is 10.1 Å². The lowest BCUT2D eigenvalue weighted by atomic mass is 9.98. The average molecular weight is 501 g/mol. The standard InChI is InChI=1S/C25H29FN4O4S/c1-18(31)29-10-7-19(8-11-29)17-34-21-5-6-23(24(26)13-21)25-12-20(14-27-2)16-30(25)35(32,33)22-4-3-9-28-15-22/h3-6,9,12-13,15-16,19,27H,7-8,10-11,14,17H2,1-2H3. The van der Waals surface area contributed by atoms with Gasteiger partial charge < -0.3 is 15.0 Å². The van der Waals surface area contributed by atoms with E-state index in [1.165, 1.54) is 36.8 Å². The number of pyridine rings is 1. The Hall–Kier alpha value is -3.24. The lowest BCUT2D eigenvalue weighted by Crippen LogP contribution is -2.38. The molecule has 0 unspecified atom stereocenters. The van der Waals surface area contributed by atoms with Gasteiger partial charge in [0.15, 0.2) is 0 Å². The van der Waals surface area contributed by atoms with Gasteiger partial charge in [-0.05, 0) is 61.7 Å². The number of carbonyl (C=O) groups excluding carboxylic acids is 1. The van der Waals surface area contributed by atoms with Crippen LogP contribution in [0.15, 0.2) is 59.9 Å². The number of likely N-dealkylation sites (tertiary alicyclic amines) is 1. The van der Waals surface area contributed by atoms with Crippen molar-refractivity contribution in [3.8, 4) is 17.0 Å². The lowest BCUT2D eigenvalue weighted by molar-refractivity contribution is -0.130. The van der Waals surface area contributed by atoms with Crippen LogP contribution in [0.4, 0.5) is 4.39 Å². The third kappa shape index (κ3) is 5.54. The van der Waals surface area contributed by atoms with E-state index >= 15 is 4.39 Å². The fraction of sp³-hybridized carbons (Fsp3) is 0.360. The van der Waals surface area contributed by atoms with Gasteiger partial charge in [0.2, 0.25) is 5.91 Å². The molecule has 0 atom stereocenters. The largest absolute Gasteiger partial charge is 0.493 e. The van der Waals surface area contributed by atoms with E-state index in [0.29, 0.717) is 43.5 Å². The number of halogens is 1. The Kier molecular flexibility index (Phi) is 7.51. The highest BCUT2D eigenvalue weighted by Gasteiger charge is 2.24. The van der Waals surface area contributed by atoms with Gasteiger partial charge in [-0.25, -0.2) is 16.8 Å². The van der Waals surface area contributed by atoms with Gasteiger partial charge in [-0.1, -0.05) is 0 Å². The number of amides is 1. The topological polar surface area (TPSA) is 93.5 Å². The van der Waals surface area contributed by atoms with Crippen molar-refractivity contribution >= 4 is 15.9 Å². The van der Waals surface area contributed by atoms with Gasteiger partial charge in [-0.2, -0.15) is 0 Å². The number of benzene rings is 1. The minimum Gasteiger partial charge on any atom is -0.493 e. The molecule has 0 spiro atoms. The van der Waals surface area contributed by atoms with Gasteiger partial charge in [0.05, 0.1) is 12.3 Å². The summed E-state index contributed by atoms with van der Waals surface area (Å²) in [5.41, 5.74) is 1.08. The Labute approximate surface area is 204 Å². The Morgan fingerprint density at radius 1 is 1.23 bits per heavy atom. The molecule has 10 heteroatoms. The van der Waals surface area contributed by atoms with Gasteiger partial charge >= 0.3 is 0 Å². The highest BCUT2D eigenvalue weighted by molar-refractivity contribution is 7.90. The summed E-state index contributed by atoms with van der Waals surface area (Å²) < 4.78 is 48.8. The minimum absolute atomic E-state index is 0.0176. The molecule has 2 aromatic heterocycles. The van der Waals surface area contributed by atoms with E-state index in [0.717, 1.165) is 16.8 Å². The van der Waals surface area contributed by atoms with E-state index < -0.39 is 15.8 Å². The SMILES string of the molecule is CNCc1cc(-c2ccc(OCC3CCN(C(C)=O)CC3)cc2F)n(S(=O)(=O)c2cccnc2)c1. The third-order valence-electron chi connectivity index (χ3n) is 6.18. The quantitative estimate of drug-likeness (QED) is 0.510. The smallest absolute Gasteiger partial charge is 0.269 e. The zero-order chi connectivity index (χ0) is 25.0. The molecule has 3 aromatic rings. The molecular formula is C25H29FN4O4S. The summed E-state index contributed by atoms with van der Waals surface area (Å²) in [4.78, 5) is 17.2. The van der Waals surface area contributed by atoms with Crippen LogP contribution in [-0.4, -0.2) is 54.9 Å². The maximum Gasteiger partial charge on any atom is 0.269 e. The zero-order valence-electron chi connectivity index (χ0n) is 19.8. The first-order valence-electron chi connectivity index (χ1n) is 11.5. The number of nitrogens with zero attached hydrogens (tertiary/aromatic N) is 3. The number of aromatic nitrogens is 2. The molecule has 0 aliphatic carbocycles. The first-order chi connectivity index (χ1) is 16.8. The first-order valence-corrected chi connectivity index (χ1v) is 12.9. The van der Waals surface area contributed by atoms with Crippen molar-refractivity contribution in [3.05, 3.63) is 66.4 Å². The van der Waals surface area contributed by atoms with Gasteiger partial charge in [0, 0.05) is 56.8 Å². The summed E-state index contributed by atoms with van der Waals surface area (Å²) >= 11 is 0. The molecule has 1 saturated heterocycles. The number of nitrogens with one attached hydrogen (secondary N) is 1. The van der Waals surface area contributed by atoms with E-state index in [1.54, 1.807) is 32.2 Å². The molecular weight excluding hydrogens is 471 g/mol. The van der Waals surface area contributed by atoms with E-state index in [-0.39, 0.29) is 22.1 Å². The maximum atomic E-state index is 15.2. The molecule has 4 rings (SSSR count). The molecule has 0 radical (unpaired) electrons. The summed E-state index contributed by atoms with van der Waals surface area (Å²) in [6, 6.07) is 9.13. The van der Waals surface area contributed by atoms with Crippen LogP contribution >= 0.6 is 0 Å². The van der Waals surface area contributed by atoms with E-state index in [9.17, 15) is 13.2 Å². The highest BCUT2D eigenvalue weighted by Crippen LogP contribution is 2.31. The summed E-state index contributed by atoms with van der Waals surface area (Å²) in [6.07, 6.45) is 5.94. The maximum absolute atomic E-state index is 15.2. The second kappa shape index (κ2) is 10.6. The monoisotopic (exact) mass is 500 g/mol. The van der Waals surface area contributed by atoms with Crippen LogP contribution in [0.3, 0.4) is 0 Å². The number of rotatable bonds is 8. The van der Waals surface area contributed by atoms with Crippen molar-refractivity contribution in [2.24, 2.45) is 5.92 Å². The average Bonchev–Trinajstić information content (AvgIpc) is 3.28. The van der Waals surface area contributed by atoms with Crippen LogP contribution in [-0.2, 0) is 21.4 Å². The molecule has 1 amide bonds. The van der Waals surface area contributed by atoms with Crippen molar-refractivity contribution in [1.29, 1.82) is 0 Å². The van der Waals surface area contributed by atoms with Crippen molar-refractivity contribution in [1.82, 2.24) is 19.2 Å². The van der Waals surface area contributed by atoms with Gasteiger partial charge in [0.25, 0.3) is 10.0 Å². The predicted octanol–water partition coefficient (Wildman–Crippen LogP) is 3.28. The van der Waals surface area contributed by atoms with Crippen LogP contribution in [0, 0.1) is 11.7 Å². The van der Waals surface area contributed by atoms with Crippen LogP contribution in [0.5, 0.6) is 5.75 Å². The molecule has 3 heterocycles. The predicted molar refractivity (Wildman–Crippen MR) is 130 cm³/mol. The summed E-state index contributed by atoms with van der Waals surface area (Å²) in [7, 11) is -2.22. The molecule has 8 nitrogen and oxygen atoms in total. The number of piperidine rings is 1. The number of hydrogen-bond donors (Lipinski definition) is 1. The van der Waals surface area contributed by atoms with E-state index in [1.807, 2.05) is 4.90 Å². The summed E-state index contributed by atoms with van der Waals surface area (Å²) in [5, 5.41) is 2.99. The Bertz CT molecular complexity index is 1290. The first kappa shape index (κ1) is 24.9. The molecule has 1 N–H and O–H groups in total. The van der Waals surface area contributed by atoms with Crippen molar-refractivity contribution < 1.29 is 22.3 Å². The van der Waals surface area contributed by atoms with Gasteiger partial charge in [0.1, 0.15) is 16.5 Å². The Morgan fingerprint density at radius 2 is 2.00 bits per heavy atom. The Balaban J connectivity index is 1.56. The lowest BCUT2D eigenvalue weighted by Gasteiger charge is -2.31. The van der Waals surface area contributed by atoms with Crippen LogP contribution in [0.25, 0.3) is 11.3 Å². The van der Waals surface area contributed by atoms with Crippen molar-refractivity contribution in [3.63, 3.8) is 0 Å². The van der Waals surface area contributed by atoms with Crippen molar-refractivity contribution in [2.75, 3.05) is 26.7 Å². The summed E-state index contributed by atoms with van der Waals surface area (Å²) in [5.74, 6) is 0.170. The van der Waals surface area contributed by atoms with Gasteiger partial charge in [-0.3, -0.25) is 9.78 Å². The molecule has 0 saturated carbocycles. The second-order valence-electron chi connectivity index (χ2n) is 8.66. The fourth-order valence-corrected chi connectivity index (χ4v) is 5.58. The van der Waals surface area contributed by atoms with Crippen LogP contribution in [0.1, 0.15) is 25.3 Å². The Morgan fingerprint density at radius 3 is 2.63 bits per heavy atom. The van der Waals surface area contributed by atoms with Crippen LogP contribution in [0.2, 0.25) is 0 Å². The fourth-order valence-electron chi connectivity index (χ4n) is 4.23. The molecule has 1 aromatic carbocycles. The third-order valence-corrected chi connectivity index (χ3v) is 7.83. The van der Waals surface area contributed by atoms with Crippen molar-refractivity contribution in [2.45, 2.75) is 31.2 Å². The summed E-state index contributed by atoms with van der Waals surface area (Å²) in [6.45, 7) is 3.83. The zero-order valence-corrected chi connectivity index (χ0v) is 20.6. The normalized spacial score (nSPS) is 14.8. The molecule has 1 aliphatic heterocycles. The van der Waals surface area contributed by atoms with Gasteiger partial charge in [-0.15, -0.1) is 0 Å². The molecule has 0 bridgehead atoms. The highest BCUT2D eigenvalue weighted by atomic mass is 32.2. The number of ether oxygens (including phenoxy) is 1. The number of carbonyl (C=O) groups is 1. The minimum atomic E-state index is -3.98. The molecule has 35 heavy (non-hydrogen) atoms. The molecule has 1 aliphatic rings. The molecule has 1 fully saturated rings. The molecule has 186 valence electrons. The number of hydrogen-bond acceptors (Lipinski definition) is 6.